The Bertz CT molecular complexity index is 1010. The van der Waals surface area contributed by atoms with E-state index in [1.165, 1.54) is 18.4 Å². The van der Waals surface area contributed by atoms with Crippen molar-refractivity contribution >= 4 is 50.2 Å². The Balaban J connectivity index is 1.62. The molecule has 0 aliphatic heterocycles. The lowest BCUT2D eigenvalue weighted by Crippen LogP contribution is -1.99. The number of rotatable bonds is 4. The number of benzene rings is 1. The summed E-state index contributed by atoms with van der Waals surface area (Å²) < 4.78 is 5.85. The summed E-state index contributed by atoms with van der Waals surface area (Å²) in [4.78, 5) is 24.2. The zero-order chi connectivity index (χ0) is 16.5. The van der Waals surface area contributed by atoms with Gasteiger partial charge in [0.1, 0.15) is 0 Å². The second-order valence-electron chi connectivity index (χ2n) is 5.12. The summed E-state index contributed by atoms with van der Waals surface area (Å²) in [6, 6.07) is 9.80. The number of thiophene rings is 1. The molecule has 120 valence electrons. The summed E-state index contributed by atoms with van der Waals surface area (Å²) in [5.41, 5.74) is 3.51. The highest BCUT2D eigenvalue weighted by Gasteiger charge is 2.15. The average molecular weight is 355 g/mol. The van der Waals surface area contributed by atoms with Crippen LogP contribution in [0.2, 0.25) is 0 Å². The zero-order valence-electron chi connectivity index (χ0n) is 12.8. The molecule has 5 nitrogen and oxygen atoms in total. The zero-order valence-corrected chi connectivity index (χ0v) is 14.4. The van der Waals surface area contributed by atoms with Gasteiger partial charge in [0, 0.05) is 22.7 Å². The minimum atomic E-state index is -0.316. The molecule has 1 aromatic carbocycles. The van der Waals surface area contributed by atoms with Gasteiger partial charge in [0.05, 0.1) is 34.1 Å². The number of carbonyl (C=O) groups is 1. The van der Waals surface area contributed by atoms with Crippen LogP contribution in [-0.2, 0) is 10.5 Å². The number of hydrogen-bond donors (Lipinski definition) is 1. The maximum absolute atomic E-state index is 11.8. The number of aromatic amines is 1. The Labute approximate surface area is 146 Å². The van der Waals surface area contributed by atoms with Crippen molar-refractivity contribution in [2.75, 3.05) is 7.11 Å². The van der Waals surface area contributed by atoms with Gasteiger partial charge in [0.2, 0.25) is 0 Å². The lowest BCUT2D eigenvalue weighted by molar-refractivity contribution is 0.0603. The molecule has 4 rings (SSSR count). The topological polar surface area (TPSA) is 67.9 Å². The molecule has 24 heavy (non-hydrogen) atoms. The van der Waals surface area contributed by atoms with Crippen LogP contribution in [0.15, 0.2) is 47.1 Å². The van der Waals surface area contributed by atoms with Crippen molar-refractivity contribution in [2.45, 2.75) is 10.9 Å². The fourth-order valence-corrected chi connectivity index (χ4v) is 4.48. The molecule has 7 heteroatoms. The van der Waals surface area contributed by atoms with Crippen molar-refractivity contribution in [1.29, 1.82) is 0 Å². The first-order valence-corrected chi connectivity index (χ1v) is 9.13. The quantitative estimate of drug-likeness (QED) is 0.438. The minimum absolute atomic E-state index is 0.316. The number of esters is 1. The number of fused-ring (bicyclic) bond motifs is 2. The molecule has 3 heterocycles. The number of hydrogen-bond acceptors (Lipinski definition) is 6. The van der Waals surface area contributed by atoms with Gasteiger partial charge in [-0.2, -0.15) is 0 Å². The third-order valence-electron chi connectivity index (χ3n) is 3.68. The van der Waals surface area contributed by atoms with Gasteiger partial charge in [0.25, 0.3) is 0 Å². The highest BCUT2D eigenvalue weighted by molar-refractivity contribution is 7.98. The van der Waals surface area contributed by atoms with Gasteiger partial charge < -0.3 is 9.72 Å². The second-order valence-corrected chi connectivity index (χ2v) is 6.97. The lowest BCUT2D eigenvalue weighted by Gasteiger charge is -2.01. The summed E-state index contributed by atoms with van der Waals surface area (Å²) in [7, 11) is 1.39. The number of pyridine rings is 1. The summed E-state index contributed by atoms with van der Waals surface area (Å²) in [6.07, 6.45) is 1.73. The highest BCUT2D eigenvalue weighted by atomic mass is 32.2. The smallest absolute Gasteiger partial charge is 0.339 e. The van der Waals surface area contributed by atoms with Crippen molar-refractivity contribution in [2.24, 2.45) is 0 Å². The van der Waals surface area contributed by atoms with Crippen molar-refractivity contribution < 1.29 is 9.53 Å². The van der Waals surface area contributed by atoms with E-state index in [9.17, 15) is 4.79 Å². The number of methoxy groups -OCH3 is 1. The molecule has 0 unspecified atom stereocenters. The largest absolute Gasteiger partial charge is 0.465 e. The van der Waals surface area contributed by atoms with Gasteiger partial charge in [-0.05, 0) is 18.2 Å². The molecule has 0 saturated heterocycles. The number of carbonyl (C=O) groups excluding carboxylic acids is 1. The van der Waals surface area contributed by atoms with E-state index in [0.717, 1.165) is 32.0 Å². The van der Waals surface area contributed by atoms with Crippen LogP contribution < -0.4 is 0 Å². The summed E-state index contributed by atoms with van der Waals surface area (Å²) in [5.74, 6) is 0.363. The van der Waals surface area contributed by atoms with Gasteiger partial charge in [-0.25, -0.2) is 9.78 Å². The van der Waals surface area contributed by atoms with Crippen molar-refractivity contribution in [3.8, 4) is 0 Å². The number of thioether (sulfide) groups is 1. The molecule has 0 saturated carbocycles. The van der Waals surface area contributed by atoms with Crippen LogP contribution >= 0.6 is 23.1 Å². The van der Waals surface area contributed by atoms with Crippen molar-refractivity contribution in [3.05, 3.63) is 53.2 Å². The second kappa shape index (κ2) is 6.26. The number of aromatic nitrogens is 3. The molecule has 3 aromatic heterocycles. The fraction of sp³-hybridized carbons (Fsp3) is 0.118. The molecule has 0 amide bonds. The average Bonchev–Trinajstić information content (AvgIpc) is 3.23. The molecule has 0 aliphatic rings. The van der Waals surface area contributed by atoms with E-state index in [4.69, 9.17) is 4.74 Å². The van der Waals surface area contributed by atoms with Crippen LogP contribution in [0.25, 0.3) is 21.1 Å². The van der Waals surface area contributed by atoms with Gasteiger partial charge in [-0.15, -0.1) is 11.3 Å². The Morgan fingerprint density at radius 1 is 1.33 bits per heavy atom. The molecule has 0 bridgehead atoms. The predicted octanol–water partition coefficient (Wildman–Crippen LogP) is 4.25. The van der Waals surface area contributed by atoms with E-state index in [-0.39, 0.29) is 5.97 Å². The van der Waals surface area contributed by atoms with Crippen LogP contribution in [0.5, 0.6) is 0 Å². The number of imidazole rings is 1. The van der Waals surface area contributed by atoms with E-state index in [0.29, 0.717) is 11.3 Å². The maximum Gasteiger partial charge on any atom is 0.339 e. The van der Waals surface area contributed by atoms with E-state index in [2.05, 4.69) is 15.0 Å². The maximum atomic E-state index is 11.8. The third-order valence-corrected chi connectivity index (χ3v) is 5.61. The highest BCUT2D eigenvalue weighted by Crippen LogP contribution is 2.31. The van der Waals surface area contributed by atoms with Gasteiger partial charge in [-0.1, -0.05) is 23.9 Å². The van der Waals surface area contributed by atoms with Crippen LogP contribution in [0.4, 0.5) is 0 Å². The van der Waals surface area contributed by atoms with Crippen LogP contribution in [0, 0.1) is 0 Å². The number of para-hydroxylation sites is 2. The van der Waals surface area contributed by atoms with E-state index < -0.39 is 0 Å². The van der Waals surface area contributed by atoms with Crippen molar-refractivity contribution in [1.82, 2.24) is 15.0 Å². The monoisotopic (exact) mass is 355 g/mol. The molecular formula is C17H13N3O2S2. The normalized spacial score (nSPS) is 11.2. The molecule has 0 aliphatic carbocycles. The van der Waals surface area contributed by atoms with Crippen LogP contribution in [-0.4, -0.2) is 28.0 Å². The number of nitrogens with zero attached hydrogens (tertiary/aromatic N) is 2. The van der Waals surface area contributed by atoms with Crippen molar-refractivity contribution in [3.63, 3.8) is 0 Å². The van der Waals surface area contributed by atoms with E-state index >= 15 is 0 Å². The number of H-pyrrole nitrogens is 1. The molecule has 0 spiro atoms. The Morgan fingerprint density at radius 3 is 3.04 bits per heavy atom. The molecule has 0 fully saturated rings. The molecule has 1 N–H and O–H groups in total. The molecular weight excluding hydrogens is 342 g/mol. The Kier molecular flexibility index (Phi) is 3.95. The molecule has 0 radical (unpaired) electrons. The van der Waals surface area contributed by atoms with Gasteiger partial charge in [-0.3, -0.25) is 4.98 Å². The van der Waals surface area contributed by atoms with Crippen LogP contribution in [0.1, 0.15) is 16.1 Å². The Hall–Kier alpha value is -2.38. The third kappa shape index (κ3) is 2.65. The first-order valence-electron chi connectivity index (χ1n) is 7.27. The van der Waals surface area contributed by atoms with Gasteiger partial charge >= 0.3 is 5.97 Å². The van der Waals surface area contributed by atoms with Gasteiger partial charge in [0.15, 0.2) is 5.16 Å². The summed E-state index contributed by atoms with van der Waals surface area (Å²) >= 11 is 3.12. The van der Waals surface area contributed by atoms with E-state index in [1.807, 2.05) is 35.7 Å². The Morgan fingerprint density at radius 2 is 2.21 bits per heavy atom. The summed E-state index contributed by atoms with van der Waals surface area (Å²) in [5, 5.41) is 3.58. The predicted molar refractivity (Wildman–Crippen MR) is 96.6 cm³/mol. The van der Waals surface area contributed by atoms with Crippen LogP contribution in [0.3, 0.4) is 0 Å². The summed E-state index contributed by atoms with van der Waals surface area (Å²) in [6.45, 7) is 0. The molecule has 4 aromatic rings. The first kappa shape index (κ1) is 15.2. The molecule has 0 atom stereocenters. The van der Waals surface area contributed by atoms with E-state index in [1.54, 1.807) is 18.0 Å². The first-order chi connectivity index (χ1) is 11.8. The number of ether oxygens (including phenoxy) is 1. The fourth-order valence-electron chi connectivity index (χ4n) is 2.52. The SMILES string of the molecule is COC(=O)c1csc2c(CSc3nc4ccccc4[nH]3)nccc12. The number of nitrogens with one attached hydrogen (secondary N) is 1. The minimum Gasteiger partial charge on any atom is -0.465 e. The standard InChI is InChI=1S/C17H13N3O2S2/c1-22-16(21)11-8-23-15-10(11)6-7-18-14(15)9-24-17-19-12-4-2-3-5-13(12)20-17/h2-8H,9H2,1H3,(H,19,20). The lowest BCUT2D eigenvalue weighted by atomic mass is 10.2.